The highest BCUT2D eigenvalue weighted by Crippen LogP contribution is 2.18. The maximum absolute atomic E-state index is 5.28. The lowest BCUT2D eigenvalue weighted by Crippen LogP contribution is -1.94. The first kappa shape index (κ1) is 16.5. The number of allylic oxidation sites excluding steroid dienone is 1. The zero-order valence-electron chi connectivity index (χ0n) is 13.0. The van der Waals surface area contributed by atoms with E-state index in [1.807, 2.05) is 67.6 Å². The second-order valence-corrected chi connectivity index (χ2v) is 6.52. The number of halogens is 1. The third-order valence-electron chi connectivity index (χ3n) is 3.36. The highest BCUT2D eigenvalue weighted by Gasteiger charge is 2.07. The lowest BCUT2D eigenvalue weighted by Gasteiger charge is -2.01. The molecule has 0 saturated heterocycles. The van der Waals surface area contributed by atoms with Crippen molar-refractivity contribution in [1.29, 1.82) is 0 Å². The van der Waals surface area contributed by atoms with E-state index in [-0.39, 0.29) is 0 Å². The van der Waals surface area contributed by atoms with Gasteiger partial charge in [-0.2, -0.15) is 14.9 Å². The Labute approximate surface area is 153 Å². The lowest BCUT2D eigenvalue weighted by atomic mass is 10.1. The van der Waals surface area contributed by atoms with Gasteiger partial charge in [-0.25, -0.2) is 5.10 Å². The molecule has 0 aliphatic carbocycles. The van der Waals surface area contributed by atoms with Gasteiger partial charge in [-0.3, -0.25) is 0 Å². The van der Waals surface area contributed by atoms with E-state index in [0.29, 0.717) is 10.6 Å². The van der Waals surface area contributed by atoms with Crippen LogP contribution in [0.1, 0.15) is 11.1 Å². The smallest absolute Gasteiger partial charge is 0.216 e. The van der Waals surface area contributed by atoms with Crippen molar-refractivity contribution in [1.82, 2.24) is 14.9 Å². The van der Waals surface area contributed by atoms with Crippen LogP contribution in [0.3, 0.4) is 0 Å². The minimum Gasteiger partial charge on any atom is -0.250 e. The average Bonchev–Trinajstić information content (AvgIpc) is 2.95. The first-order chi connectivity index (χ1) is 11.6. The molecule has 120 valence electrons. The molecule has 0 atom stereocenters. The fraction of sp³-hybridized carbons (Fsp3) is 0.0556. The van der Waals surface area contributed by atoms with Crippen molar-refractivity contribution >= 4 is 40.4 Å². The van der Waals surface area contributed by atoms with E-state index in [4.69, 9.17) is 12.2 Å². The molecule has 0 amide bonds. The zero-order chi connectivity index (χ0) is 16.9. The summed E-state index contributed by atoms with van der Waals surface area (Å²) in [7, 11) is 0. The largest absolute Gasteiger partial charge is 0.250 e. The van der Waals surface area contributed by atoms with Gasteiger partial charge >= 0.3 is 0 Å². The van der Waals surface area contributed by atoms with Crippen LogP contribution in [0.15, 0.2) is 64.2 Å². The van der Waals surface area contributed by atoms with Crippen molar-refractivity contribution in [2.24, 2.45) is 5.10 Å². The van der Waals surface area contributed by atoms with E-state index in [2.05, 4.69) is 31.2 Å². The second-order valence-electron chi connectivity index (χ2n) is 5.21. The Morgan fingerprint density at radius 3 is 2.58 bits per heavy atom. The third-order valence-corrected chi connectivity index (χ3v) is 4.06. The Morgan fingerprint density at radius 2 is 1.88 bits per heavy atom. The molecule has 0 unspecified atom stereocenters. The van der Waals surface area contributed by atoms with Crippen LogP contribution in [0.25, 0.3) is 17.5 Å². The van der Waals surface area contributed by atoms with Crippen LogP contribution < -0.4 is 0 Å². The van der Waals surface area contributed by atoms with Crippen LogP contribution in [-0.4, -0.2) is 21.1 Å². The number of aromatic nitrogens is 3. The molecule has 1 heterocycles. The molecule has 1 aromatic heterocycles. The predicted octanol–water partition coefficient (Wildman–Crippen LogP) is 5.19. The molecule has 0 fully saturated rings. The zero-order valence-corrected chi connectivity index (χ0v) is 15.4. The maximum atomic E-state index is 5.28. The normalized spacial score (nSPS) is 12.0. The van der Waals surface area contributed by atoms with E-state index in [0.717, 1.165) is 15.6 Å². The summed E-state index contributed by atoms with van der Waals surface area (Å²) in [6, 6.07) is 18.1. The average molecular weight is 399 g/mol. The van der Waals surface area contributed by atoms with E-state index in [1.165, 1.54) is 5.56 Å². The first-order valence-corrected chi connectivity index (χ1v) is 8.55. The number of rotatable bonds is 4. The number of H-pyrrole nitrogens is 1. The van der Waals surface area contributed by atoms with Crippen LogP contribution in [0.4, 0.5) is 0 Å². The quantitative estimate of drug-likeness (QED) is 0.485. The van der Waals surface area contributed by atoms with E-state index in [1.54, 1.807) is 10.9 Å². The monoisotopic (exact) mass is 398 g/mol. The van der Waals surface area contributed by atoms with E-state index in [9.17, 15) is 0 Å². The number of nitrogens with zero attached hydrogens (tertiary/aromatic N) is 3. The summed E-state index contributed by atoms with van der Waals surface area (Å²) in [5.41, 5.74) is 3.23. The van der Waals surface area contributed by atoms with Crippen LogP contribution in [0.5, 0.6) is 0 Å². The molecule has 3 rings (SSSR count). The third kappa shape index (κ3) is 3.96. The molecule has 1 N–H and O–H groups in total. The number of nitrogens with one attached hydrogen (secondary N) is 1. The summed E-state index contributed by atoms with van der Waals surface area (Å²) in [6.45, 7) is 2.05. The van der Waals surface area contributed by atoms with Crippen molar-refractivity contribution in [3.63, 3.8) is 0 Å². The molecule has 4 nitrogen and oxygen atoms in total. The van der Waals surface area contributed by atoms with Gasteiger partial charge in [-0.15, -0.1) is 0 Å². The van der Waals surface area contributed by atoms with Gasteiger partial charge in [0, 0.05) is 10.0 Å². The van der Waals surface area contributed by atoms with Crippen LogP contribution in [0.2, 0.25) is 0 Å². The molecule has 2 aromatic carbocycles. The minimum absolute atomic E-state index is 0.446. The molecular formula is C18H15BrN4S. The summed E-state index contributed by atoms with van der Waals surface area (Å²) in [5, 5.41) is 11.5. The summed E-state index contributed by atoms with van der Waals surface area (Å²) in [6.07, 6.45) is 3.69. The molecule has 6 heteroatoms. The Hall–Kier alpha value is -2.31. The molecule has 3 aromatic rings. The van der Waals surface area contributed by atoms with Crippen LogP contribution in [0, 0.1) is 11.7 Å². The maximum Gasteiger partial charge on any atom is 0.216 e. The molecule has 0 radical (unpaired) electrons. The number of hydrogen-bond acceptors (Lipinski definition) is 3. The van der Waals surface area contributed by atoms with Crippen LogP contribution in [-0.2, 0) is 0 Å². The fourth-order valence-corrected chi connectivity index (χ4v) is 2.68. The molecule has 0 bridgehead atoms. The van der Waals surface area contributed by atoms with Gasteiger partial charge in [0.05, 0.1) is 6.21 Å². The van der Waals surface area contributed by atoms with Crippen LogP contribution >= 0.6 is 28.1 Å². The van der Waals surface area contributed by atoms with E-state index < -0.39 is 0 Å². The van der Waals surface area contributed by atoms with Crippen molar-refractivity contribution in [3.8, 4) is 11.4 Å². The van der Waals surface area contributed by atoms with E-state index >= 15 is 0 Å². The lowest BCUT2D eigenvalue weighted by molar-refractivity contribution is 0.872. The predicted molar refractivity (Wildman–Crippen MR) is 105 cm³/mol. The fourth-order valence-electron chi connectivity index (χ4n) is 2.15. The van der Waals surface area contributed by atoms with Gasteiger partial charge in [0.15, 0.2) is 5.82 Å². The number of aromatic amines is 1. The highest BCUT2D eigenvalue weighted by molar-refractivity contribution is 9.12. The molecule has 0 aliphatic rings. The van der Waals surface area contributed by atoms with Gasteiger partial charge in [0.2, 0.25) is 4.77 Å². The summed E-state index contributed by atoms with van der Waals surface area (Å²) in [4.78, 5) is 0. The Balaban J connectivity index is 1.90. The molecule has 0 saturated carbocycles. The first-order valence-electron chi connectivity index (χ1n) is 7.34. The number of aryl methyl sites for hydroxylation is 1. The van der Waals surface area contributed by atoms with Gasteiger partial charge in [0.1, 0.15) is 0 Å². The summed E-state index contributed by atoms with van der Waals surface area (Å²) in [5.74, 6) is 0.677. The summed E-state index contributed by atoms with van der Waals surface area (Å²) < 4.78 is 2.90. The van der Waals surface area contributed by atoms with Crippen molar-refractivity contribution in [3.05, 3.63) is 75.0 Å². The van der Waals surface area contributed by atoms with Gasteiger partial charge in [0.25, 0.3) is 0 Å². The molecule has 0 spiro atoms. The topological polar surface area (TPSA) is 46.0 Å². The van der Waals surface area contributed by atoms with Crippen molar-refractivity contribution in [2.75, 3.05) is 0 Å². The molecular weight excluding hydrogens is 384 g/mol. The van der Waals surface area contributed by atoms with Crippen molar-refractivity contribution in [2.45, 2.75) is 6.92 Å². The SMILES string of the molecule is Cc1ccc(-c2n[nH]c(=S)n2/N=C/C(Br)=Cc2ccccc2)cc1. The van der Waals surface area contributed by atoms with Gasteiger partial charge < -0.3 is 0 Å². The molecule has 24 heavy (non-hydrogen) atoms. The highest BCUT2D eigenvalue weighted by atomic mass is 79.9. The minimum atomic E-state index is 0.446. The molecule has 0 aliphatic heterocycles. The van der Waals surface area contributed by atoms with Gasteiger partial charge in [-0.1, -0.05) is 60.2 Å². The second kappa shape index (κ2) is 7.51. The number of hydrogen-bond donors (Lipinski definition) is 1. The van der Waals surface area contributed by atoms with Crippen molar-refractivity contribution < 1.29 is 0 Å². The Bertz CT molecular complexity index is 937. The van der Waals surface area contributed by atoms with Gasteiger partial charge in [-0.05, 0) is 46.7 Å². The Kier molecular flexibility index (Phi) is 5.17. The Morgan fingerprint density at radius 1 is 1.17 bits per heavy atom. The standard InChI is InChI=1S/C18H15BrN4S/c1-13-7-9-15(10-8-13)17-21-22-18(24)23(17)20-12-16(19)11-14-5-3-2-4-6-14/h2-12H,1H3,(H,22,24)/b16-11?,20-12+. The number of benzene rings is 2. The summed E-state index contributed by atoms with van der Waals surface area (Å²) >= 11 is 8.79.